The van der Waals surface area contributed by atoms with Crippen molar-refractivity contribution in [2.75, 3.05) is 0 Å². The zero-order valence-electron chi connectivity index (χ0n) is 11.1. The molecule has 20 heavy (non-hydrogen) atoms. The molecule has 0 spiro atoms. The highest BCUT2D eigenvalue weighted by molar-refractivity contribution is 5.77. The third kappa shape index (κ3) is 2.35. The molecule has 2 heterocycles. The molecule has 1 atom stereocenters. The van der Waals surface area contributed by atoms with Crippen molar-refractivity contribution >= 4 is 11.0 Å². The third-order valence-corrected chi connectivity index (χ3v) is 3.18. The lowest BCUT2D eigenvalue weighted by Crippen LogP contribution is -2.28. The molecule has 0 radical (unpaired) electrons. The molecule has 2 N–H and O–H groups in total. The van der Waals surface area contributed by atoms with Crippen molar-refractivity contribution in [2.24, 2.45) is 5.73 Å². The first kappa shape index (κ1) is 12.6. The maximum absolute atomic E-state index is 11.7. The maximum Gasteiger partial charge on any atom is 0.266 e. The van der Waals surface area contributed by atoms with E-state index in [1.54, 1.807) is 6.07 Å². The van der Waals surface area contributed by atoms with Gasteiger partial charge in [-0.3, -0.25) is 4.79 Å². The number of para-hydroxylation sites is 1. The molecule has 0 saturated heterocycles. The van der Waals surface area contributed by atoms with E-state index in [1.165, 1.54) is 10.7 Å². The van der Waals surface area contributed by atoms with Gasteiger partial charge in [-0.25, -0.2) is 4.68 Å². The van der Waals surface area contributed by atoms with Crippen LogP contribution in [0.25, 0.3) is 11.0 Å². The number of nitrogens with zero attached hydrogens (tertiary/aromatic N) is 2. The quantitative estimate of drug-likeness (QED) is 0.789. The van der Waals surface area contributed by atoms with Crippen LogP contribution in [0.4, 0.5) is 0 Å². The molecular weight excluding hydrogens is 254 g/mol. The standard InChI is InChI=1S/C15H15N3O2/c1-10-6-7-15(19)18(17-10)9-12(16)14-8-11-4-2-3-5-13(11)20-14/h2-8,12H,9,16H2,1H3. The fourth-order valence-corrected chi connectivity index (χ4v) is 2.14. The van der Waals surface area contributed by atoms with Gasteiger partial charge in [0.25, 0.3) is 5.56 Å². The number of rotatable bonds is 3. The molecule has 0 saturated carbocycles. The highest BCUT2D eigenvalue weighted by Crippen LogP contribution is 2.23. The Bertz CT molecular complexity index is 771. The van der Waals surface area contributed by atoms with Crippen molar-refractivity contribution in [3.63, 3.8) is 0 Å². The summed E-state index contributed by atoms with van der Waals surface area (Å²) >= 11 is 0. The van der Waals surface area contributed by atoms with E-state index in [9.17, 15) is 4.79 Å². The summed E-state index contributed by atoms with van der Waals surface area (Å²) in [5.41, 5.74) is 7.52. The van der Waals surface area contributed by atoms with Crippen molar-refractivity contribution in [3.05, 3.63) is 64.3 Å². The minimum atomic E-state index is -0.408. The Kier molecular flexibility index (Phi) is 3.12. The van der Waals surface area contributed by atoms with Gasteiger partial charge in [0.05, 0.1) is 18.3 Å². The van der Waals surface area contributed by atoms with Crippen LogP contribution in [0.5, 0.6) is 0 Å². The smallest absolute Gasteiger partial charge is 0.266 e. The maximum atomic E-state index is 11.7. The first-order chi connectivity index (χ1) is 9.63. The van der Waals surface area contributed by atoms with Gasteiger partial charge in [-0.2, -0.15) is 5.10 Å². The Morgan fingerprint density at radius 3 is 2.90 bits per heavy atom. The minimum absolute atomic E-state index is 0.165. The molecule has 3 rings (SSSR count). The molecule has 3 aromatic rings. The van der Waals surface area contributed by atoms with Gasteiger partial charge in [-0.05, 0) is 25.1 Å². The van der Waals surface area contributed by atoms with Gasteiger partial charge >= 0.3 is 0 Å². The molecule has 2 aromatic heterocycles. The summed E-state index contributed by atoms with van der Waals surface area (Å²) in [6.07, 6.45) is 0. The number of aryl methyl sites for hydroxylation is 1. The number of nitrogens with two attached hydrogens (primary N) is 1. The fourth-order valence-electron chi connectivity index (χ4n) is 2.14. The van der Waals surface area contributed by atoms with E-state index in [1.807, 2.05) is 37.3 Å². The lowest BCUT2D eigenvalue weighted by molar-refractivity contribution is 0.427. The van der Waals surface area contributed by atoms with Crippen LogP contribution >= 0.6 is 0 Å². The van der Waals surface area contributed by atoms with E-state index in [-0.39, 0.29) is 5.56 Å². The molecule has 0 fully saturated rings. The summed E-state index contributed by atoms with van der Waals surface area (Å²) < 4.78 is 7.07. The molecule has 0 aliphatic heterocycles. The highest BCUT2D eigenvalue weighted by atomic mass is 16.3. The van der Waals surface area contributed by atoms with Gasteiger partial charge < -0.3 is 10.2 Å². The van der Waals surface area contributed by atoms with Crippen LogP contribution in [-0.4, -0.2) is 9.78 Å². The molecule has 1 aromatic carbocycles. The minimum Gasteiger partial charge on any atom is -0.459 e. The fraction of sp³-hybridized carbons (Fsp3) is 0.200. The third-order valence-electron chi connectivity index (χ3n) is 3.18. The molecule has 0 amide bonds. The average Bonchev–Trinajstić information content (AvgIpc) is 2.87. The molecule has 0 bridgehead atoms. The van der Waals surface area contributed by atoms with E-state index in [4.69, 9.17) is 10.2 Å². The summed E-state index contributed by atoms with van der Waals surface area (Å²) in [6, 6.07) is 12.4. The molecule has 0 aliphatic carbocycles. The van der Waals surface area contributed by atoms with Gasteiger partial charge in [0.1, 0.15) is 11.3 Å². The Hall–Kier alpha value is -2.40. The van der Waals surface area contributed by atoms with Crippen LogP contribution in [0, 0.1) is 6.92 Å². The van der Waals surface area contributed by atoms with Crippen LogP contribution in [0.3, 0.4) is 0 Å². The molecular formula is C15H15N3O2. The molecule has 102 valence electrons. The SMILES string of the molecule is Cc1ccc(=O)n(CC(N)c2cc3ccccc3o2)n1. The lowest BCUT2D eigenvalue weighted by atomic mass is 10.2. The van der Waals surface area contributed by atoms with Crippen LogP contribution in [-0.2, 0) is 6.54 Å². The van der Waals surface area contributed by atoms with Crippen molar-refractivity contribution < 1.29 is 4.42 Å². The number of aromatic nitrogens is 2. The largest absolute Gasteiger partial charge is 0.459 e. The van der Waals surface area contributed by atoms with Crippen LogP contribution in [0.1, 0.15) is 17.5 Å². The van der Waals surface area contributed by atoms with Gasteiger partial charge in [0.15, 0.2) is 0 Å². The lowest BCUT2D eigenvalue weighted by Gasteiger charge is -2.10. The monoisotopic (exact) mass is 269 g/mol. The van der Waals surface area contributed by atoms with E-state index in [0.717, 1.165) is 16.7 Å². The number of benzene rings is 1. The number of hydrogen-bond acceptors (Lipinski definition) is 4. The van der Waals surface area contributed by atoms with Crippen LogP contribution in [0.2, 0.25) is 0 Å². The zero-order valence-corrected chi connectivity index (χ0v) is 11.1. The van der Waals surface area contributed by atoms with E-state index in [0.29, 0.717) is 12.3 Å². The Morgan fingerprint density at radius 1 is 1.30 bits per heavy atom. The normalized spacial score (nSPS) is 12.7. The Balaban J connectivity index is 1.90. The van der Waals surface area contributed by atoms with Gasteiger partial charge in [0, 0.05) is 11.5 Å². The van der Waals surface area contributed by atoms with Gasteiger partial charge in [-0.15, -0.1) is 0 Å². The zero-order chi connectivity index (χ0) is 14.1. The second kappa shape index (κ2) is 4.94. The Labute approximate surface area is 115 Å². The Morgan fingerprint density at radius 2 is 2.10 bits per heavy atom. The van der Waals surface area contributed by atoms with E-state index >= 15 is 0 Å². The average molecular weight is 269 g/mol. The van der Waals surface area contributed by atoms with Crippen LogP contribution < -0.4 is 11.3 Å². The van der Waals surface area contributed by atoms with E-state index < -0.39 is 6.04 Å². The van der Waals surface area contributed by atoms with Crippen molar-refractivity contribution in [2.45, 2.75) is 19.5 Å². The number of hydrogen-bond donors (Lipinski definition) is 1. The first-order valence-electron chi connectivity index (χ1n) is 6.42. The van der Waals surface area contributed by atoms with Gasteiger partial charge in [0.2, 0.25) is 0 Å². The van der Waals surface area contributed by atoms with Crippen molar-refractivity contribution in [3.8, 4) is 0 Å². The molecule has 5 nitrogen and oxygen atoms in total. The number of furan rings is 1. The molecule has 1 unspecified atom stereocenters. The van der Waals surface area contributed by atoms with Crippen molar-refractivity contribution in [1.82, 2.24) is 9.78 Å². The topological polar surface area (TPSA) is 74.0 Å². The molecule has 0 aliphatic rings. The summed E-state index contributed by atoms with van der Waals surface area (Å²) in [6.45, 7) is 2.13. The molecule has 5 heteroatoms. The first-order valence-corrected chi connectivity index (χ1v) is 6.42. The van der Waals surface area contributed by atoms with E-state index in [2.05, 4.69) is 5.10 Å². The van der Waals surface area contributed by atoms with Crippen LogP contribution in [0.15, 0.2) is 51.7 Å². The summed E-state index contributed by atoms with van der Waals surface area (Å²) in [4.78, 5) is 11.7. The summed E-state index contributed by atoms with van der Waals surface area (Å²) in [7, 11) is 0. The summed E-state index contributed by atoms with van der Waals surface area (Å²) in [5, 5.41) is 5.18. The second-order valence-corrected chi connectivity index (χ2v) is 4.79. The predicted octanol–water partition coefficient (Wildman–Crippen LogP) is 2.00. The number of fused-ring (bicyclic) bond motifs is 1. The van der Waals surface area contributed by atoms with Crippen molar-refractivity contribution in [1.29, 1.82) is 0 Å². The summed E-state index contributed by atoms with van der Waals surface area (Å²) in [5.74, 6) is 0.654. The van der Waals surface area contributed by atoms with Gasteiger partial charge in [-0.1, -0.05) is 18.2 Å². The second-order valence-electron chi connectivity index (χ2n) is 4.79. The highest BCUT2D eigenvalue weighted by Gasteiger charge is 2.13. The predicted molar refractivity (Wildman–Crippen MR) is 76.4 cm³/mol.